The zero-order valence-corrected chi connectivity index (χ0v) is 17.1. The number of aryl methyl sites for hydroxylation is 2. The van der Waals surface area contributed by atoms with Crippen LogP contribution in [0, 0.1) is 13.8 Å². The fourth-order valence-electron chi connectivity index (χ4n) is 2.26. The summed E-state index contributed by atoms with van der Waals surface area (Å²) in [5.41, 5.74) is 3.42. The Balaban J connectivity index is 0.00000151. The van der Waals surface area contributed by atoms with E-state index in [2.05, 4.69) is 43.3 Å². The molecule has 4 heteroatoms. The third kappa shape index (κ3) is 5.87. The summed E-state index contributed by atoms with van der Waals surface area (Å²) in [5.74, 6) is -0.0000619. The average Bonchev–Trinajstić information content (AvgIpc) is 2.61. The highest BCUT2D eigenvalue weighted by Gasteiger charge is 2.03. The van der Waals surface area contributed by atoms with Crippen molar-refractivity contribution in [1.82, 2.24) is 4.72 Å². The van der Waals surface area contributed by atoms with Crippen LogP contribution >= 0.6 is 23.5 Å². The molecule has 0 atom stereocenters. The molecular weight excluding hydrogens is 350 g/mol. The normalized spacial score (nSPS) is 12.6. The maximum Gasteiger partial charge on any atom is 0.141 e. The topological polar surface area (TPSA) is 32.3 Å². The van der Waals surface area contributed by atoms with Crippen LogP contribution in [-0.2, 0) is 0 Å². The van der Waals surface area contributed by atoms with Gasteiger partial charge in [0.15, 0.2) is 0 Å². The molecule has 25 heavy (non-hydrogen) atoms. The summed E-state index contributed by atoms with van der Waals surface area (Å²) in [6.45, 7) is 13.7. The van der Waals surface area contributed by atoms with E-state index in [0.29, 0.717) is 5.22 Å². The zero-order valence-electron chi connectivity index (χ0n) is 15.5. The van der Waals surface area contributed by atoms with E-state index in [0.717, 1.165) is 10.9 Å². The Kier molecular flexibility index (Phi) is 8.67. The summed E-state index contributed by atoms with van der Waals surface area (Å²) >= 11 is 7.39. The molecule has 2 N–H and O–H groups in total. The lowest BCUT2D eigenvalue weighted by molar-refractivity contribution is 0.509. The van der Waals surface area contributed by atoms with Gasteiger partial charge >= 0.3 is 0 Å². The van der Waals surface area contributed by atoms with Crippen molar-refractivity contribution in [1.29, 1.82) is 0 Å². The smallest absolute Gasteiger partial charge is 0.141 e. The molecule has 0 aliphatic rings. The molecule has 0 amide bonds. The predicted octanol–water partition coefficient (Wildman–Crippen LogP) is 5.17. The Morgan fingerprint density at radius 3 is 2.24 bits per heavy atom. The Bertz CT molecular complexity index is 858. The molecule has 2 aromatic carbocycles. The molecule has 0 aliphatic carbocycles. The van der Waals surface area contributed by atoms with Crippen molar-refractivity contribution in [3.05, 3.63) is 75.6 Å². The van der Waals surface area contributed by atoms with Crippen LogP contribution < -0.4 is 15.2 Å². The van der Waals surface area contributed by atoms with Gasteiger partial charge in [0.05, 0.1) is 5.03 Å². The number of rotatable bonds is 4. The van der Waals surface area contributed by atoms with Crippen molar-refractivity contribution in [2.24, 2.45) is 0 Å². The Labute approximate surface area is 160 Å². The van der Waals surface area contributed by atoms with Gasteiger partial charge in [-0.15, -0.1) is 0 Å². The third-order valence-electron chi connectivity index (χ3n) is 3.49. The van der Waals surface area contributed by atoms with E-state index < -0.39 is 0 Å². The fourth-order valence-corrected chi connectivity index (χ4v) is 3.09. The van der Waals surface area contributed by atoms with Crippen molar-refractivity contribution in [3.63, 3.8) is 0 Å². The van der Waals surface area contributed by atoms with E-state index in [1.54, 1.807) is 11.9 Å². The maximum absolute atomic E-state index is 10.1. The van der Waals surface area contributed by atoms with Gasteiger partial charge in [0.1, 0.15) is 5.76 Å². The Morgan fingerprint density at radius 2 is 1.68 bits per heavy atom. The molecule has 134 valence electrons. The second kappa shape index (κ2) is 10.2. The fraction of sp³-hybridized carbons (Fsp3) is 0.238. The molecule has 0 aliphatic heterocycles. The minimum atomic E-state index is -0.0000619. The lowest BCUT2D eigenvalue weighted by atomic mass is 10.2. The molecule has 2 aromatic rings. The van der Waals surface area contributed by atoms with Crippen LogP contribution in [0.3, 0.4) is 0 Å². The van der Waals surface area contributed by atoms with Gasteiger partial charge in [-0.1, -0.05) is 74.0 Å². The monoisotopic (exact) mass is 375 g/mol. The van der Waals surface area contributed by atoms with Gasteiger partial charge in [-0.3, -0.25) is 0 Å². The predicted molar refractivity (Wildman–Crippen MR) is 112 cm³/mol. The van der Waals surface area contributed by atoms with Crippen molar-refractivity contribution < 1.29 is 5.11 Å². The summed E-state index contributed by atoms with van der Waals surface area (Å²) in [5, 5.41) is 11.8. The van der Waals surface area contributed by atoms with Crippen LogP contribution in [-0.4, -0.2) is 5.11 Å². The van der Waals surface area contributed by atoms with Crippen LogP contribution in [0.1, 0.15) is 31.9 Å². The van der Waals surface area contributed by atoms with E-state index in [1.807, 2.05) is 45.0 Å². The first-order chi connectivity index (χ1) is 11.9. The van der Waals surface area contributed by atoms with E-state index in [-0.39, 0.29) is 10.8 Å². The lowest BCUT2D eigenvalue weighted by Gasteiger charge is -2.09. The third-order valence-corrected chi connectivity index (χ3v) is 4.75. The first-order valence-electron chi connectivity index (χ1n) is 8.24. The minimum absolute atomic E-state index is 0.0000619. The van der Waals surface area contributed by atoms with Crippen LogP contribution in [0.4, 0.5) is 0 Å². The van der Waals surface area contributed by atoms with Crippen molar-refractivity contribution >= 4 is 35.0 Å². The summed E-state index contributed by atoms with van der Waals surface area (Å²) < 4.78 is 3.35. The number of nitrogens with one attached hydrogen (secondary N) is 1. The molecule has 0 radical (unpaired) electrons. The molecule has 0 fully saturated rings. The summed E-state index contributed by atoms with van der Waals surface area (Å²) in [6.07, 6.45) is 0. The highest BCUT2D eigenvalue weighted by atomic mass is 35.5. The average molecular weight is 376 g/mol. The molecule has 0 spiro atoms. The van der Waals surface area contributed by atoms with Gasteiger partial charge in [0.25, 0.3) is 0 Å². The van der Waals surface area contributed by atoms with E-state index >= 15 is 0 Å². The molecular formula is C21H26ClNOS. The number of hydrogen-bond acceptors (Lipinski definition) is 3. The molecule has 0 bridgehead atoms. The number of benzene rings is 2. The molecule has 0 heterocycles. The largest absolute Gasteiger partial charge is 0.506 e. The molecule has 2 rings (SSSR count). The van der Waals surface area contributed by atoms with Crippen LogP contribution in [0.15, 0.2) is 59.0 Å². The highest BCUT2D eigenvalue weighted by Crippen LogP contribution is 2.21. The van der Waals surface area contributed by atoms with Gasteiger partial charge < -0.3 is 9.83 Å². The minimum Gasteiger partial charge on any atom is -0.506 e. The van der Waals surface area contributed by atoms with Crippen LogP contribution in [0.5, 0.6) is 0 Å². The SMILES string of the molecule is C=C(Cl)/C(O)=c1/cccc/c1=C(/C)NSc1ccc(C)cc1C.CC. The molecule has 0 saturated heterocycles. The zero-order chi connectivity index (χ0) is 19.0. The van der Waals surface area contributed by atoms with E-state index in [1.165, 1.54) is 16.0 Å². The van der Waals surface area contributed by atoms with E-state index in [9.17, 15) is 5.11 Å². The van der Waals surface area contributed by atoms with Gasteiger partial charge in [0.2, 0.25) is 0 Å². The molecule has 0 aromatic heterocycles. The molecule has 2 nitrogen and oxygen atoms in total. The first kappa shape index (κ1) is 21.2. The van der Waals surface area contributed by atoms with Crippen molar-refractivity contribution in [3.8, 4) is 0 Å². The number of aliphatic hydroxyl groups excluding tert-OH is 1. The van der Waals surface area contributed by atoms with Gasteiger partial charge in [0, 0.05) is 21.0 Å². The second-order valence-electron chi connectivity index (χ2n) is 5.40. The van der Waals surface area contributed by atoms with Gasteiger partial charge in [-0.2, -0.15) is 0 Å². The van der Waals surface area contributed by atoms with Crippen LogP contribution in [0.25, 0.3) is 11.5 Å². The summed E-state index contributed by atoms with van der Waals surface area (Å²) in [4.78, 5) is 1.17. The van der Waals surface area contributed by atoms with Crippen molar-refractivity contribution in [2.75, 3.05) is 0 Å². The number of halogens is 1. The summed E-state index contributed by atoms with van der Waals surface area (Å²) in [6, 6.07) is 13.9. The lowest BCUT2D eigenvalue weighted by Crippen LogP contribution is -2.31. The Morgan fingerprint density at radius 1 is 1.08 bits per heavy atom. The maximum atomic E-state index is 10.1. The van der Waals surface area contributed by atoms with Gasteiger partial charge in [-0.05, 0) is 44.3 Å². The number of aliphatic hydroxyl groups is 1. The van der Waals surface area contributed by atoms with E-state index in [4.69, 9.17) is 11.6 Å². The molecule has 0 unspecified atom stereocenters. The van der Waals surface area contributed by atoms with Crippen molar-refractivity contribution in [2.45, 2.75) is 39.5 Å². The van der Waals surface area contributed by atoms with Crippen LogP contribution in [0.2, 0.25) is 0 Å². The standard InChI is InChI=1S/C19H20ClNOS.C2H6/c1-12-9-10-18(13(2)11-12)23-21-15(4)16-7-5-6-8-17(16)19(22)14(3)20;1-2/h5-11,21-22H,3H2,1-2,4H3;1-2H3/b16-15+,19-17+;. The Hall–Kier alpha value is -1.84. The summed E-state index contributed by atoms with van der Waals surface area (Å²) in [7, 11) is 0. The highest BCUT2D eigenvalue weighted by molar-refractivity contribution is 7.97. The first-order valence-corrected chi connectivity index (χ1v) is 9.43. The van der Waals surface area contributed by atoms with Gasteiger partial charge in [-0.25, -0.2) is 0 Å². The number of hydrogen-bond donors (Lipinski definition) is 2. The molecule has 0 saturated carbocycles. The second-order valence-corrected chi connectivity index (χ2v) is 6.70. The quantitative estimate of drug-likeness (QED) is 0.722.